The molecule has 9 heteroatoms. The van der Waals surface area contributed by atoms with Crippen molar-refractivity contribution in [3.8, 4) is 85.1 Å². The number of rotatable bonds is 8. The van der Waals surface area contributed by atoms with Gasteiger partial charge in [0.1, 0.15) is 11.6 Å². The van der Waals surface area contributed by atoms with Gasteiger partial charge in [-0.2, -0.15) is 0 Å². The molecule has 3 aromatic heterocycles. The lowest BCUT2D eigenvalue weighted by Crippen LogP contribution is -2.04. The van der Waals surface area contributed by atoms with Crippen LogP contribution in [0, 0.1) is 11.6 Å². The van der Waals surface area contributed by atoms with Crippen LogP contribution in [0.1, 0.15) is 0 Å². The number of nitrogens with zero attached hydrogens (tertiary/aromatic N) is 7. The lowest BCUT2D eigenvalue weighted by molar-refractivity contribution is 0.589. The van der Waals surface area contributed by atoms with Gasteiger partial charge in [-0.3, -0.25) is 0 Å². The van der Waals surface area contributed by atoms with E-state index in [4.69, 9.17) is 29.9 Å². The molecule has 0 fully saturated rings. The second-order valence-corrected chi connectivity index (χ2v) is 15.0. The molecule has 11 rings (SSSR count). The van der Waals surface area contributed by atoms with Gasteiger partial charge in [0.25, 0.3) is 0 Å². The molecule has 63 heavy (non-hydrogen) atoms. The summed E-state index contributed by atoms with van der Waals surface area (Å²) in [6, 6.07) is 62.8. The highest BCUT2D eigenvalue weighted by Gasteiger charge is 2.23. The molecule has 0 saturated carbocycles. The van der Waals surface area contributed by atoms with Crippen molar-refractivity contribution >= 4 is 21.8 Å². The van der Waals surface area contributed by atoms with Crippen LogP contribution in [0.5, 0.6) is 0 Å². The van der Waals surface area contributed by atoms with E-state index in [-0.39, 0.29) is 5.56 Å². The zero-order chi connectivity index (χ0) is 42.3. The fourth-order valence-electron chi connectivity index (χ4n) is 8.08. The number of aromatic nitrogens is 7. The van der Waals surface area contributed by atoms with E-state index in [0.29, 0.717) is 51.8 Å². The summed E-state index contributed by atoms with van der Waals surface area (Å²) in [6.45, 7) is 0. The van der Waals surface area contributed by atoms with Gasteiger partial charge in [0.2, 0.25) is 0 Å². The Morgan fingerprint density at radius 2 is 0.714 bits per heavy atom. The van der Waals surface area contributed by atoms with Crippen molar-refractivity contribution in [2.75, 3.05) is 0 Å². The van der Waals surface area contributed by atoms with Crippen LogP contribution >= 0.6 is 0 Å². The molecule has 298 valence electrons. The Labute approximate surface area is 360 Å². The summed E-state index contributed by atoms with van der Waals surface area (Å²) >= 11 is 0. The van der Waals surface area contributed by atoms with E-state index < -0.39 is 11.6 Å². The molecule has 0 radical (unpaired) electrons. The summed E-state index contributed by atoms with van der Waals surface area (Å²) in [5.41, 5.74) is 7.41. The normalized spacial score (nSPS) is 11.3. The Bertz CT molecular complexity index is 3330. The van der Waals surface area contributed by atoms with Crippen LogP contribution in [0.25, 0.3) is 107 Å². The summed E-state index contributed by atoms with van der Waals surface area (Å²) in [6.07, 6.45) is 0. The second kappa shape index (κ2) is 15.8. The first-order chi connectivity index (χ1) is 31.1. The van der Waals surface area contributed by atoms with Gasteiger partial charge in [0, 0.05) is 44.2 Å². The third-order valence-corrected chi connectivity index (χ3v) is 11.1. The maximum absolute atomic E-state index is 15.6. The minimum absolute atomic E-state index is 0.139. The zero-order valence-corrected chi connectivity index (χ0v) is 33.4. The average molecular weight is 818 g/mol. The maximum atomic E-state index is 15.6. The quantitative estimate of drug-likeness (QED) is 0.152. The van der Waals surface area contributed by atoms with E-state index in [2.05, 4.69) is 28.8 Å². The van der Waals surface area contributed by atoms with Gasteiger partial charge in [-0.15, -0.1) is 0 Å². The monoisotopic (exact) mass is 817 g/mol. The van der Waals surface area contributed by atoms with Crippen molar-refractivity contribution in [3.05, 3.63) is 212 Å². The third-order valence-electron chi connectivity index (χ3n) is 11.1. The van der Waals surface area contributed by atoms with Crippen molar-refractivity contribution in [1.29, 1.82) is 0 Å². The van der Waals surface area contributed by atoms with Gasteiger partial charge in [-0.05, 0) is 54.1 Å². The molecular formula is C54H33F2N7. The molecule has 0 atom stereocenters. The van der Waals surface area contributed by atoms with Gasteiger partial charge in [-0.25, -0.2) is 38.7 Å². The van der Waals surface area contributed by atoms with E-state index >= 15 is 8.78 Å². The summed E-state index contributed by atoms with van der Waals surface area (Å²) in [7, 11) is 0. The van der Waals surface area contributed by atoms with Crippen molar-refractivity contribution in [3.63, 3.8) is 0 Å². The molecule has 7 nitrogen and oxygen atoms in total. The lowest BCUT2D eigenvalue weighted by Gasteiger charge is -2.17. The van der Waals surface area contributed by atoms with Crippen LogP contribution in [0.2, 0.25) is 0 Å². The standard InChI is InChI=1S/C54H33F2N7/c55-43-25-15-26-44(56)48(43)38-28-30-47(42(32-38)54-61-51(36-20-9-3-10-21-36)58-52(62-54)37-22-11-4-12-23-37)63-45-27-14-13-24-40(45)41-33-39(29-31-46(41)63)53-59-49(34-16-5-1-6-17-34)57-50(60-53)35-18-7-2-8-19-35/h1-33H. The first kappa shape index (κ1) is 37.4. The SMILES string of the molecule is Fc1cccc(F)c1-c1ccc(-n2c3ccccc3c3cc(-c4nc(-c5ccccc5)nc(-c5ccccc5)n4)ccc32)c(-c2nc(-c3ccccc3)nc(-c3ccccc3)n2)c1. The van der Waals surface area contributed by atoms with Gasteiger partial charge >= 0.3 is 0 Å². The highest BCUT2D eigenvalue weighted by molar-refractivity contribution is 6.11. The molecule has 0 saturated heterocycles. The van der Waals surface area contributed by atoms with Gasteiger partial charge in [-0.1, -0.05) is 152 Å². The Morgan fingerprint density at radius 3 is 1.22 bits per heavy atom. The van der Waals surface area contributed by atoms with E-state index in [9.17, 15) is 0 Å². The molecule has 0 unspecified atom stereocenters. The predicted octanol–water partition coefficient (Wildman–Crippen LogP) is 13.1. The number of fused-ring (bicyclic) bond motifs is 3. The third kappa shape index (κ3) is 6.97. The summed E-state index contributed by atoms with van der Waals surface area (Å²) in [4.78, 5) is 30.0. The summed E-state index contributed by atoms with van der Waals surface area (Å²) in [5, 5.41) is 1.93. The smallest absolute Gasteiger partial charge is 0.166 e. The highest BCUT2D eigenvalue weighted by atomic mass is 19.1. The van der Waals surface area contributed by atoms with Gasteiger partial charge in [0.05, 0.1) is 22.3 Å². The Balaban J connectivity index is 1.16. The van der Waals surface area contributed by atoms with Crippen molar-refractivity contribution in [1.82, 2.24) is 34.5 Å². The van der Waals surface area contributed by atoms with Crippen LogP contribution in [-0.2, 0) is 0 Å². The average Bonchev–Trinajstić information content (AvgIpc) is 3.68. The minimum Gasteiger partial charge on any atom is -0.309 e. The number of benzene rings is 8. The summed E-state index contributed by atoms with van der Waals surface area (Å²) < 4.78 is 33.3. The van der Waals surface area contributed by atoms with Crippen LogP contribution in [0.3, 0.4) is 0 Å². The number of halogens is 2. The maximum Gasteiger partial charge on any atom is 0.166 e. The van der Waals surface area contributed by atoms with Crippen LogP contribution in [0.4, 0.5) is 8.78 Å². The van der Waals surface area contributed by atoms with Crippen LogP contribution in [-0.4, -0.2) is 34.5 Å². The predicted molar refractivity (Wildman–Crippen MR) is 246 cm³/mol. The van der Waals surface area contributed by atoms with Crippen LogP contribution in [0.15, 0.2) is 200 Å². The zero-order valence-electron chi connectivity index (χ0n) is 33.4. The molecule has 0 aliphatic carbocycles. The molecule has 0 aliphatic heterocycles. The second-order valence-electron chi connectivity index (χ2n) is 15.0. The molecule has 8 aromatic carbocycles. The van der Waals surface area contributed by atoms with Gasteiger partial charge in [0.15, 0.2) is 34.9 Å². The Morgan fingerprint density at radius 1 is 0.302 bits per heavy atom. The lowest BCUT2D eigenvalue weighted by atomic mass is 9.99. The molecule has 0 aliphatic rings. The fourth-order valence-corrected chi connectivity index (χ4v) is 8.08. The molecule has 3 heterocycles. The fraction of sp³-hybridized carbons (Fsp3) is 0. The van der Waals surface area contributed by atoms with Gasteiger partial charge < -0.3 is 4.57 Å². The Hall–Kier alpha value is -8.56. The van der Waals surface area contributed by atoms with Crippen molar-refractivity contribution in [2.45, 2.75) is 0 Å². The number of hydrogen-bond donors (Lipinski definition) is 0. The Kier molecular flexibility index (Phi) is 9.39. The highest BCUT2D eigenvalue weighted by Crippen LogP contribution is 2.40. The molecule has 0 spiro atoms. The molecule has 0 amide bonds. The van der Waals surface area contributed by atoms with Crippen molar-refractivity contribution in [2.24, 2.45) is 0 Å². The van der Waals surface area contributed by atoms with E-state index in [1.807, 2.05) is 146 Å². The molecule has 11 aromatic rings. The first-order valence-electron chi connectivity index (χ1n) is 20.4. The van der Waals surface area contributed by atoms with E-state index in [1.54, 1.807) is 12.1 Å². The minimum atomic E-state index is -0.673. The van der Waals surface area contributed by atoms with Crippen LogP contribution < -0.4 is 0 Å². The first-order valence-corrected chi connectivity index (χ1v) is 20.4. The topological polar surface area (TPSA) is 82.3 Å². The molecular weight excluding hydrogens is 785 g/mol. The number of para-hydroxylation sites is 1. The van der Waals surface area contributed by atoms with Crippen molar-refractivity contribution < 1.29 is 8.78 Å². The van der Waals surface area contributed by atoms with E-state index in [1.165, 1.54) is 18.2 Å². The molecule has 0 N–H and O–H groups in total. The number of hydrogen-bond acceptors (Lipinski definition) is 6. The molecule has 0 bridgehead atoms. The largest absolute Gasteiger partial charge is 0.309 e. The van der Waals surface area contributed by atoms with E-state index in [0.717, 1.165) is 49.6 Å². The summed E-state index contributed by atoms with van der Waals surface area (Å²) in [5.74, 6) is 1.58.